The van der Waals surface area contributed by atoms with E-state index in [4.69, 9.17) is 19.6 Å². The van der Waals surface area contributed by atoms with Gasteiger partial charge in [0.2, 0.25) is 5.71 Å². The third kappa shape index (κ3) is 4.96. The smallest absolute Gasteiger partial charge is 0.218 e. The second kappa shape index (κ2) is 10.6. The van der Waals surface area contributed by atoms with Crippen LogP contribution < -0.4 is 5.19 Å². The van der Waals surface area contributed by atoms with Gasteiger partial charge in [0, 0.05) is 53.2 Å². The minimum atomic E-state index is -1.46. The molecule has 0 amide bonds. The first-order valence-electron chi connectivity index (χ1n) is 8.73. The van der Waals surface area contributed by atoms with Crippen molar-refractivity contribution in [3.05, 3.63) is 60.7 Å². The zero-order chi connectivity index (χ0) is 20.0. The number of rotatable bonds is 2. The number of benzene rings is 2. The Balaban J connectivity index is 0.000000739. The third-order valence-electron chi connectivity index (χ3n) is 4.16. The van der Waals surface area contributed by atoms with Crippen molar-refractivity contribution in [3.8, 4) is 11.3 Å². The molecule has 0 saturated heterocycles. The van der Waals surface area contributed by atoms with Gasteiger partial charge in [-0.25, -0.2) is 0 Å². The Morgan fingerprint density at radius 1 is 0.857 bits per heavy atom. The van der Waals surface area contributed by atoms with Gasteiger partial charge in [-0.2, -0.15) is 0 Å². The molecule has 151 valence electrons. The van der Waals surface area contributed by atoms with E-state index in [1.165, 1.54) is 5.19 Å². The van der Waals surface area contributed by atoms with Crippen molar-refractivity contribution in [1.29, 1.82) is 0 Å². The molecule has 0 unspecified atom stereocenters. The first-order valence-corrected chi connectivity index (χ1v) is 12.2. The van der Waals surface area contributed by atoms with Gasteiger partial charge in [-0.15, -0.1) is 35.0 Å². The molecule has 0 fully saturated rings. The van der Waals surface area contributed by atoms with Crippen LogP contribution in [0.4, 0.5) is 0 Å². The molecule has 0 spiro atoms. The van der Waals surface area contributed by atoms with Crippen LogP contribution in [0.5, 0.6) is 0 Å². The number of hydrogen-bond acceptors (Lipinski definition) is 4. The summed E-state index contributed by atoms with van der Waals surface area (Å²) in [7, 11) is 0.538. The molecule has 0 aliphatic rings. The minimum Gasteiger partial charge on any atom is -0.439 e. The maximum absolute atomic E-state index is 7.00. The Bertz CT molecular complexity index is 1030. The summed E-state index contributed by atoms with van der Waals surface area (Å²) in [4.78, 5) is 4.78. The number of pyridine rings is 1. The van der Waals surface area contributed by atoms with E-state index in [-0.39, 0.29) is 20.1 Å². The summed E-state index contributed by atoms with van der Waals surface area (Å²) in [6, 6.07) is 21.9. The SMILES string of the molecule is CO.CO.C[Si](C)(C)c1ccc[c-]c1-c1ccc2c(n1)oc1ccccc12.[Ir]. The van der Waals surface area contributed by atoms with Crippen molar-refractivity contribution < 1.29 is 34.7 Å². The fourth-order valence-electron chi connectivity index (χ4n) is 3.02. The monoisotopic (exact) mass is 573 g/mol. The summed E-state index contributed by atoms with van der Waals surface area (Å²) in [6.45, 7) is 7.04. The molecule has 6 heteroatoms. The van der Waals surface area contributed by atoms with Crippen LogP contribution in [0.3, 0.4) is 0 Å². The van der Waals surface area contributed by atoms with Crippen LogP contribution in [0, 0.1) is 6.07 Å². The predicted molar refractivity (Wildman–Crippen MR) is 115 cm³/mol. The van der Waals surface area contributed by atoms with Crippen molar-refractivity contribution in [2.45, 2.75) is 19.6 Å². The third-order valence-corrected chi connectivity index (χ3v) is 6.20. The Morgan fingerprint density at radius 3 is 2.21 bits per heavy atom. The van der Waals surface area contributed by atoms with Gasteiger partial charge in [0.15, 0.2) is 0 Å². The molecule has 4 nitrogen and oxygen atoms in total. The fourth-order valence-corrected chi connectivity index (χ4v) is 4.57. The molecule has 1 radical (unpaired) electrons. The zero-order valence-corrected chi connectivity index (χ0v) is 20.2. The standard InChI is InChI=1S/C20H18NOSi.2CH4O.Ir/c1-23(2,3)19-11-7-5-9-16(19)17-13-12-15-14-8-4-6-10-18(14)22-20(15)21-17;2*1-2;/h4-8,10-13H,1-3H3;2*2H,1H3;/q-1;;;. The van der Waals surface area contributed by atoms with Crippen molar-refractivity contribution in [2.75, 3.05) is 14.2 Å². The molecule has 4 rings (SSSR count). The number of fused-ring (bicyclic) bond motifs is 3. The molecular weight excluding hydrogens is 547 g/mol. The van der Waals surface area contributed by atoms with Crippen LogP contribution in [0.1, 0.15) is 0 Å². The first-order chi connectivity index (χ1) is 13.0. The van der Waals surface area contributed by atoms with Crippen LogP contribution in [-0.2, 0) is 20.1 Å². The van der Waals surface area contributed by atoms with Gasteiger partial charge in [0.05, 0.1) is 0 Å². The average Bonchev–Trinajstić information content (AvgIpc) is 3.08. The summed E-state index contributed by atoms with van der Waals surface area (Å²) in [5.41, 5.74) is 3.63. The van der Waals surface area contributed by atoms with E-state index in [1.54, 1.807) is 0 Å². The number of nitrogens with zero attached hydrogens (tertiary/aromatic N) is 1. The molecule has 2 heterocycles. The maximum Gasteiger partial charge on any atom is 0.218 e. The number of aliphatic hydroxyl groups is 2. The van der Waals surface area contributed by atoms with Crippen molar-refractivity contribution >= 4 is 35.3 Å². The number of aromatic nitrogens is 1. The van der Waals surface area contributed by atoms with E-state index in [9.17, 15) is 0 Å². The zero-order valence-electron chi connectivity index (χ0n) is 16.8. The quantitative estimate of drug-likeness (QED) is 0.279. The topological polar surface area (TPSA) is 66.5 Å². The second-order valence-electron chi connectivity index (χ2n) is 6.86. The molecule has 0 aliphatic carbocycles. The summed E-state index contributed by atoms with van der Waals surface area (Å²) in [5, 5.41) is 17.6. The van der Waals surface area contributed by atoms with Crippen molar-refractivity contribution in [2.24, 2.45) is 0 Å². The molecule has 0 atom stereocenters. The summed E-state index contributed by atoms with van der Waals surface area (Å²) in [6.07, 6.45) is 0. The van der Waals surface area contributed by atoms with Crippen LogP contribution >= 0.6 is 0 Å². The van der Waals surface area contributed by atoms with Crippen LogP contribution in [0.2, 0.25) is 19.6 Å². The molecule has 0 aliphatic heterocycles. The normalized spacial score (nSPS) is 10.4. The molecule has 2 aromatic heterocycles. The molecular formula is C22H26IrNO3Si-. The van der Waals surface area contributed by atoms with Gasteiger partial charge < -0.3 is 14.6 Å². The molecule has 2 aromatic carbocycles. The van der Waals surface area contributed by atoms with Gasteiger partial charge in [-0.1, -0.05) is 50.0 Å². The van der Waals surface area contributed by atoms with Gasteiger partial charge in [0.1, 0.15) is 5.58 Å². The van der Waals surface area contributed by atoms with Gasteiger partial charge in [-0.05, 0) is 11.8 Å². The van der Waals surface area contributed by atoms with E-state index in [0.29, 0.717) is 5.71 Å². The van der Waals surface area contributed by atoms with Gasteiger partial charge in [0.25, 0.3) is 0 Å². The Morgan fingerprint density at radius 2 is 1.54 bits per heavy atom. The Hall–Kier alpha value is -1.82. The molecule has 2 N–H and O–H groups in total. The molecule has 28 heavy (non-hydrogen) atoms. The molecule has 4 aromatic rings. The van der Waals surface area contributed by atoms with Crippen LogP contribution in [0.15, 0.2) is 59.0 Å². The Kier molecular flexibility index (Phi) is 9.21. The second-order valence-corrected chi connectivity index (χ2v) is 11.9. The van der Waals surface area contributed by atoms with E-state index in [0.717, 1.165) is 41.8 Å². The Labute approximate surface area is 180 Å². The maximum atomic E-state index is 7.00. The van der Waals surface area contributed by atoms with Crippen LogP contribution in [0.25, 0.3) is 33.3 Å². The average molecular weight is 573 g/mol. The van der Waals surface area contributed by atoms with Gasteiger partial charge >= 0.3 is 0 Å². The van der Waals surface area contributed by atoms with E-state index in [1.807, 2.05) is 24.3 Å². The number of furan rings is 1. The largest absolute Gasteiger partial charge is 0.439 e. The van der Waals surface area contributed by atoms with Gasteiger partial charge in [-0.3, -0.25) is 4.98 Å². The predicted octanol–water partition coefficient (Wildman–Crippen LogP) is 4.21. The minimum absolute atomic E-state index is 0. The summed E-state index contributed by atoms with van der Waals surface area (Å²) in [5.74, 6) is 0. The van der Waals surface area contributed by atoms with Crippen molar-refractivity contribution in [3.63, 3.8) is 0 Å². The van der Waals surface area contributed by atoms with E-state index < -0.39 is 8.07 Å². The number of aliphatic hydroxyl groups excluding tert-OH is 2. The fraction of sp³-hybridized carbons (Fsp3) is 0.227. The van der Waals surface area contributed by atoms with Crippen LogP contribution in [-0.4, -0.2) is 37.5 Å². The first kappa shape index (κ1) is 24.2. The van der Waals surface area contributed by atoms with Crippen molar-refractivity contribution in [1.82, 2.24) is 4.98 Å². The summed E-state index contributed by atoms with van der Waals surface area (Å²) >= 11 is 0. The number of hydrogen-bond donors (Lipinski definition) is 2. The van der Waals surface area contributed by atoms with E-state index >= 15 is 0 Å². The summed E-state index contributed by atoms with van der Waals surface area (Å²) < 4.78 is 5.93. The number of para-hydroxylation sites is 1. The van der Waals surface area contributed by atoms with E-state index in [2.05, 4.69) is 56.0 Å². The molecule has 0 bridgehead atoms. The molecule has 0 saturated carbocycles.